The first-order chi connectivity index (χ1) is 67.5. The van der Waals surface area contributed by atoms with Crippen molar-refractivity contribution in [3.8, 4) is 0 Å². The fraction of sp³-hybridized carbons (Fsp3) is 0.651. The number of rotatable bonds is 77. The van der Waals surface area contributed by atoms with Crippen LogP contribution in [-0.4, -0.2) is 285 Å². The van der Waals surface area contributed by atoms with Gasteiger partial charge in [-0.15, -0.1) is 45.9 Å². The lowest BCUT2D eigenvalue weighted by molar-refractivity contribution is -0.573. The van der Waals surface area contributed by atoms with Gasteiger partial charge in [0, 0.05) is 291 Å². The van der Waals surface area contributed by atoms with Gasteiger partial charge in [0.25, 0.3) is 0 Å². The molecule has 9 aromatic rings. The summed E-state index contributed by atoms with van der Waals surface area (Å²) in [7, 11) is 0. The lowest BCUT2D eigenvalue weighted by Crippen LogP contribution is -2.52. The van der Waals surface area contributed by atoms with Crippen molar-refractivity contribution in [1.82, 2.24) is 193 Å². The highest BCUT2D eigenvalue weighted by molar-refractivity contribution is 5.83. The number of nitro groups is 1. The van der Waals surface area contributed by atoms with E-state index in [9.17, 15) is 53.3 Å². The number of hydrogen-bond acceptors (Lipinski definition) is 32. The molecule has 9 aromatic heterocycles. The monoisotopic (exact) mass is 1940 g/mol. The van der Waals surface area contributed by atoms with Crippen LogP contribution in [0.2, 0.25) is 0 Å². The van der Waals surface area contributed by atoms with Crippen molar-refractivity contribution in [2.45, 2.75) is 306 Å². The van der Waals surface area contributed by atoms with E-state index >= 15 is 14.4 Å². The Balaban J connectivity index is 1.05. The third kappa shape index (κ3) is 43.6. The van der Waals surface area contributed by atoms with Gasteiger partial charge in [-0.1, -0.05) is 46.9 Å². The standard InChI is InChI=1S/C86H133N39O14/c126-71(11-1-2-53-116-62-44-95-107-116)12-24-83(25-13-72(127)87-36-3-54-117-63-45-96-108-117,26-14-73(128)88-37-4-55-118-64-46-97-109-118)104-80(135)21-33-86(125(138)139,34-22-81(136)105-84(27-15-74(129)89-38-5-56-119-65-47-98-110-119,28-16-75(130)90-39-6-57-120-66-48-99-111-120)29-17-76(131)91-40-7-58-121-67-49-100-112-121)35-23-82(137)106-85(30-18-77(132)92-41-8-59-122-68-50-101-113-122,31-19-78(133)93-42-9-60-123-69-51-102-114-123)32-20-79(134)94-43-10-61-124-70-52-103-115-124/h44-52,62-70H,1-43,53-61H2,(H,87,127)(H,88,128)(H,89,129)(H,90,130)(H,91,131)(H,92,132)(H,93,133)(H,94,134)(H,104,135)(H,105,136)(H,106,137). The van der Waals surface area contributed by atoms with Gasteiger partial charge in [0.1, 0.15) is 5.78 Å². The third-order valence-corrected chi connectivity index (χ3v) is 24.0. The van der Waals surface area contributed by atoms with Crippen molar-refractivity contribution in [3.05, 3.63) is 122 Å². The summed E-state index contributed by atoms with van der Waals surface area (Å²) < 4.78 is 14.4. The van der Waals surface area contributed by atoms with E-state index in [1.807, 2.05) is 0 Å². The molecular weight excluding hydrogens is 1800 g/mol. The minimum atomic E-state index is -2.42. The maximum atomic E-state index is 15.6. The molecule has 0 bridgehead atoms. The van der Waals surface area contributed by atoms with Gasteiger partial charge >= 0.3 is 0 Å². The molecule has 9 rings (SSSR count). The molecule has 139 heavy (non-hydrogen) atoms. The Hall–Kier alpha value is -14.5. The summed E-state index contributed by atoms with van der Waals surface area (Å²) in [6.45, 7) is 5.43. The number of carbonyl (C=O) groups excluding carboxylic acids is 12. The van der Waals surface area contributed by atoms with Crippen molar-refractivity contribution < 1.29 is 62.5 Å². The summed E-state index contributed by atoms with van der Waals surface area (Å²) in [4.78, 5) is 188. The van der Waals surface area contributed by atoms with Gasteiger partial charge in [-0.05, 0) is 122 Å². The Morgan fingerprint density at radius 1 is 0.216 bits per heavy atom. The van der Waals surface area contributed by atoms with Crippen LogP contribution >= 0.6 is 0 Å². The zero-order valence-electron chi connectivity index (χ0n) is 78.9. The molecule has 0 aliphatic carbocycles. The minimum Gasteiger partial charge on any atom is -0.356 e. The van der Waals surface area contributed by atoms with Crippen molar-refractivity contribution in [1.29, 1.82) is 0 Å². The lowest BCUT2D eigenvalue weighted by Gasteiger charge is -2.36. The van der Waals surface area contributed by atoms with Crippen molar-refractivity contribution >= 4 is 70.8 Å². The summed E-state index contributed by atoms with van der Waals surface area (Å²) in [5.41, 5.74) is -7.10. The number of hydrogen-bond donors (Lipinski definition) is 11. The Bertz CT molecular complexity index is 4120. The average molecular weight is 1940 g/mol. The molecule has 9 heterocycles. The number of aromatic nitrogens is 27. The molecule has 0 fully saturated rings. The van der Waals surface area contributed by atoms with Crippen molar-refractivity contribution in [2.24, 2.45) is 0 Å². The molecule has 11 N–H and O–H groups in total. The fourth-order valence-electron chi connectivity index (χ4n) is 16.0. The Morgan fingerprint density at radius 2 is 0.381 bits per heavy atom. The topological polar surface area (TPSA) is 657 Å². The third-order valence-electron chi connectivity index (χ3n) is 24.0. The van der Waals surface area contributed by atoms with E-state index in [4.69, 9.17) is 0 Å². The van der Waals surface area contributed by atoms with E-state index in [0.29, 0.717) is 123 Å². The molecule has 756 valence electrons. The Kier molecular flexibility index (Phi) is 47.4. The van der Waals surface area contributed by atoms with E-state index in [-0.39, 0.29) is 180 Å². The van der Waals surface area contributed by atoms with Gasteiger partial charge in [0.15, 0.2) is 0 Å². The van der Waals surface area contributed by atoms with E-state index in [0.717, 1.165) is 0 Å². The largest absolute Gasteiger partial charge is 0.356 e. The second-order valence-electron chi connectivity index (χ2n) is 34.6. The van der Waals surface area contributed by atoms with Crippen LogP contribution < -0.4 is 58.5 Å². The van der Waals surface area contributed by atoms with Gasteiger partial charge in [0.2, 0.25) is 70.5 Å². The lowest BCUT2D eigenvalue weighted by atomic mass is 9.80. The summed E-state index contributed by atoms with van der Waals surface area (Å²) in [5, 5.41) is 118. The highest BCUT2D eigenvalue weighted by atomic mass is 16.6. The first kappa shape index (κ1) is 108. The molecule has 0 aliphatic rings. The van der Waals surface area contributed by atoms with Crippen LogP contribution in [0.5, 0.6) is 0 Å². The molecule has 0 aromatic carbocycles. The highest BCUT2D eigenvalue weighted by Gasteiger charge is 2.46. The predicted octanol–water partition coefficient (Wildman–Crippen LogP) is 0.344. The van der Waals surface area contributed by atoms with Crippen LogP contribution in [0.4, 0.5) is 0 Å². The van der Waals surface area contributed by atoms with Crippen molar-refractivity contribution in [3.63, 3.8) is 0 Å². The number of Topliss-reactive ketones (excluding diaryl/α,β-unsaturated/α-hetero) is 1. The molecule has 0 saturated heterocycles. The summed E-state index contributed by atoms with van der Waals surface area (Å²) >= 11 is 0. The summed E-state index contributed by atoms with van der Waals surface area (Å²) in [6.07, 6.45) is 25.9. The molecule has 53 nitrogen and oxygen atoms in total. The van der Waals surface area contributed by atoms with Crippen LogP contribution in [-0.2, 0) is 116 Å². The second kappa shape index (κ2) is 60.9. The number of carbonyl (C=O) groups is 12. The Labute approximate surface area is 803 Å². The minimum absolute atomic E-state index is 0.101. The average Bonchev–Trinajstić information content (AvgIpc) is 1.68. The zero-order chi connectivity index (χ0) is 98.7. The van der Waals surface area contributed by atoms with Crippen LogP contribution in [0, 0.1) is 10.1 Å². The van der Waals surface area contributed by atoms with Crippen LogP contribution in [0.1, 0.15) is 225 Å². The number of nitrogens with zero attached hydrogens (tertiary/aromatic N) is 28. The smallest absolute Gasteiger partial charge is 0.223 e. The van der Waals surface area contributed by atoms with E-state index in [2.05, 4.69) is 151 Å². The van der Waals surface area contributed by atoms with Gasteiger partial charge in [-0.25, -0.2) is 0 Å². The molecule has 0 spiro atoms. The summed E-state index contributed by atoms with van der Waals surface area (Å²) in [6, 6.07) is 0. The van der Waals surface area contributed by atoms with Crippen molar-refractivity contribution in [2.75, 3.05) is 52.4 Å². The van der Waals surface area contributed by atoms with Crippen LogP contribution in [0.3, 0.4) is 0 Å². The van der Waals surface area contributed by atoms with Gasteiger partial charge in [-0.2, -0.15) is 0 Å². The van der Waals surface area contributed by atoms with E-state index in [1.165, 1.54) is 55.8 Å². The van der Waals surface area contributed by atoms with Gasteiger partial charge < -0.3 is 58.5 Å². The quantitative estimate of drug-likeness (QED) is 0.0139. The Morgan fingerprint density at radius 3 is 0.547 bits per heavy atom. The molecule has 53 heteroatoms. The molecule has 0 atom stereocenters. The maximum Gasteiger partial charge on any atom is 0.223 e. The van der Waals surface area contributed by atoms with Crippen LogP contribution in [0.15, 0.2) is 112 Å². The number of unbranched alkanes of at least 4 members (excludes halogenated alkanes) is 1. The highest BCUT2D eigenvalue weighted by Crippen LogP contribution is 2.35. The molecule has 0 unspecified atom stereocenters. The van der Waals surface area contributed by atoms with Gasteiger partial charge in [0.05, 0.1) is 55.8 Å². The number of amides is 11. The second-order valence-corrected chi connectivity index (χ2v) is 34.6. The number of nitrogens with one attached hydrogen (secondary N) is 11. The normalized spacial score (nSPS) is 11.6. The van der Waals surface area contributed by atoms with E-state index in [1.54, 1.807) is 97.9 Å². The molecular formula is C86H133N39O14. The van der Waals surface area contributed by atoms with Gasteiger partial charge in [-0.3, -0.25) is 110 Å². The van der Waals surface area contributed by atoms with E-state index < -0.39 is 131 Å². The molecule has 0 aliphatic heterocycles. The predicted molar refractivity (Wildman–Crippen MR) is 493 cm³/mol. The molecule has 0 saturated carbocycles. The number of aryl methyl sites for hydroxylation is 9. The fourth-order valence-corrected chi connectivity index (χ4v) is 16.0. The summed E-state index contributed by atoms with van der Waals surface area (Å²) in [5.74, 6) is -6.23. The first-order valence-corrected chi connectivity index (χ1v) is 47.8. The molecule has 0 radical (unpaired) electrons. The SMILES string of the molecule is O=C(CCCCn1ccnn1)CCC(CCC(=O)NCCCn1ccnn1)(CCC(=O)NCCCn1ccnn1)NC(=O)CCC(CCC(=O)NC(CCC(=O)NCCCn1ccnn1)(CCC(=O)NCCCn1ccnn1)CCC(=O)NCCCn1ccnn1)(CCC(=O)NC(CCC(=O)NCCCn1ccnn1)(CCC(=O)NCCCn1ccnn1)CCC(=O)NCCCn1ccnn1)[N+](=O)[O-]. The number of ketones is 1. The maximum absolute atomic E-state index is 15.6. The first-order valence-electron chi connectivity index (χ1n) is 47.8. The molecule has 11 amide bonds. The van der Waals surface area contributed by atoms with Crippen LogP contribution in [0.25, 0.3) is 0 Å². The zero-order valence-corrected chi connectivity index (χ0v) is 78.9.